The van der Waals surface area contributed by atoms with E-state index in [4.69, 9.17) is 20.6 Å². The predicted octanol–water partition coefficient (Wildman–Crippen LogP) is 5.68. The van der Waals surface area contributed by atoms with Crippen LogP contribution in [0.4, 0.5) is 23.7 Å². The molecule has 43 heavy (non-hydrogen) atoms. The summed E-state index contributed by atoms with van der Waals surface area (Å²) < 4.78 is 49.5. The maximum atomic E-state index is 13.1. The number of rotatable bonds is 6. The molecule has 220 valence electrons. The van der Waals surface area contributed by atoms with E-state index in [1.165, 1.54) is 12.1 Å². The Balaban J connectivity index is 1.35. The topological polar surface area (TPSA) is 135 Å². The molecule has 2 amide bonds. The van der Waals surface area contributed by atoms with Gasteiger partial charge in [-0.2, -0.15) is 13.2 Å². The molecule has 0 saturated heterocycles. The van der Waals surface area contributed by atoms with E-state index in [0.717, 1.165) is 15.7 Å². The van der Waals surface area contributed by atoms with Crippen molar-refractivity contribution in [1.29, 1.82) is 5.41 Å². The number of amidine groups is 1. The molecule has 4 N–H and O–H groups in total. The Morgan fingerprint density at radius 2 is 1.60 bits per heavy atom. The van der Waals surface area contributed by atoms with Crippen molar-refractivity contribution in [2.45, 2.75) is 25.4 Å². The van der Waals surface area contributed by atoms with Crippen LogP contribution in [0.1, 0.15) is 38.8 Å². The first-order valence-corrected chi connectivity index (χ1v) is 13.1. The number of hydrogen-bond donors (Lipinski definition) is 3. The minimum absolute atomic E-state index is 0.0706. The van der Waals surface area contributed by atoms with Gasteiger partial charge in [0.1, 0.15) is 12.4 Å². The van der Waals surface area contributed by atoms with Crippen molar-refractivity contribution in [3.63, 3.8) is 0 Å². The second-order valence-electron chi connectivity index (χ2n) is 9.80. The Bertz CT molecular complexity index is 1730. The summed E-state index contributed by atoms with van der Waals surface area (Å²) in [4.78, 5) is 38.7. The summed E-state index contributed by atoms with van der Waals surface area (Å²) in [7, 11) is 0. The van der Waals surface area contributed by atoms with Crippen molar-refractivity contribution in [1.82, 2.24) is 4.90 Å². The number of carbonyl (C=O) groups is 3. The fourth-order valence-electron chi connectivity index (χ4n) is 4.71. The van der Waals surface area contributed by atoms with Gasteiger partial charge < -0.3 is 20.5 Å². The highest BCUT2D eigenvalue weighted by molar-refractivity contribution is 6.07. The minimum atomic E-state index is -5.28. The molecule has 0 aliphatic carbocycles. The molecular formula is C31H25F3N4O5. The molecule has 1 heterocycles. The molecule has 5 rings (SSSR count). The second-order valence-corrected chi connectivity index (χ2v) is 9.80. The summed E-state index contributed by atoms with van der Waals surface area (Å²) in [6.07, 6.45) is -7.71. The number of hydrogen-bond acceptors (Lipinski definition) is 6. The minimum Gasteiger partial charge on any atom is -0.444 e. The molecule has 4 aromatic carbocycles. The highest BCUT2D eigenvalue weighted by Crippen LogP contribution is 2.35. The molecular weight excluding hydrogens is 565 g/mol. The molecule has 0 bridgehead atoms. The molecule has 4 aromatic rings. The number of esters is 1. The number of benzene rings is 4. The van der Waals surface area contributed by atoms with Crippen molar-refractivity contribution in [2.75, 3.05) is 11.9 Å². The van der Waals surface area contributed by atoms with E-state index in [2.05, 4.69) is 5.32 Å². The van der Waals surface area contributed by atoms with E-state index in [9.17, 15) is 27.6 Å². The summed E-state index contributed by atoms with van der Waals surface area (Å²) in [5.74, 6) is -2.95. The van der Waals surface area contributed by atoms with E-state index in [0.29, 0.717) is 27.9 Å². The van der Waals surface area contributed by atoms with Gasteiger partial charge in [0.2, 0.25) is 6.23 Å². The lowest BCUT2D eigenvalue weighted by Gasteiger charge is -2.36. The van der Waals surface area contributed by atoms with Gasteiger partial charge in [-0.1, -0.05) is 54.6 Å². The van der Waals surface area contributed by atoms with Crippen molar-refractivity contribution < 1.29 is 37.0 Å². The molecule has 0 saturated carbocycles. The first kappa shape index (κ1) is 29.1. The average Bonchev–Trinajstić information content (AvgIpc) is 2.99. The maximum Gasteiger partial charge on any atom is 0.491 e. The summed E-state index contributed by atoms with van der Waals surface area (Å²) in [6, 6.07) is 23.3. The Morgan fingerprint density at radius 3 is 2.28 bits per heavy atom. The molecule has 12 heteroatoms. The van der Waals surface area contributed by atoms with Crippen molar-refractivity contribution in [3.05, 3.63) is 113 Å². The number of nitrogens with two attached hydrogens (primary N) is 1. The van der Waals surface area contributed by atoms with Gasteiger partial charge in [0.25, 0.3) is 5.91 Å². The lowest BCUT2D eigenvalue weighted by atomic mass is 9.97. The third-order valence-electron chi connectivity index (χ3n) is 6.88. The lowest BCUT2D eigenvalue weighted by molar-refractivity contribution is -0.213. The highest BCUT2D eigenvalue weighted by Gasteiger charge is 2.45. The molecule has 9 nitrogen and oxygen atoms in total. The smallest absolute Gasteiger partial charge is 0.444 e. The first-order valence-electron chi connectivity index (χ1n) is 13.1. The number of ether oxygens (including phenoxy) is 2. The van der Waals surface area contributed by atoms with Crippen LogP contribution in [0.15, 0.2) is 84.9 Å². The molecule has 0 radical (unpaired) electrons. The molecule has 0 fully saturated rings. The molecule has 1 atom stereocenters. The monoisotopic (exact) mass is 590 g/mol. The van der Waals surface area contributed by atoms with E-state index in [-0.39, 0.29) is 31.0 Å². The van der Waals surface area contributed by atoms with Crippen molar-refractivity contribution in [3.8, 4) is 0 Å². The summed E-state index contributed by atoms with van der Waals surface area (Å²) in [5, 5.41) is 11.9. The number of alkyl halides is 3. The second kappa shape index (κ2) is 11.8. The summed E-state index contributed by atoms with van der Waals surface area (Å²) in [6.45, 7) is -0.221. The normalized spacial score (nSPS) is 14.5. The molecule has 0 aromatic heterocycles. The fraction of sp³-hybridized carbons (Fsp3) is 0.161. The Hall–Kier alpha value is -5.39. The molecule has 0 spiro atoms. The van der Waals surface area contributed by atoms with Gasteiger partial charge in [0.15, 0.2) is 0 Å². The number of nitrogen functional groups attached to an aromatic ring is 1. The Kier molecular flexibility index (Phi) is 8.02. The van der Waals surface area contributed by atoms with E-state index in [1.807, 2.05) is 0 Å². The SMILES string of the molecule is N=C(N)c1ccc2cc(C(=O)Nc3ccc4c(c3)CCN(C(=O)OCc3ccccc3)C4OC(=O)C(F)(F)F)ccc2c1. The predicted molar refractivity (Wildman–Crippen MR) is 151 cm³/mol. The number of fused-ring (bicyclic) bond motifs is 2. The standard InChI is InChI=1S/C31H25F3N4O5/c32-31(33,34)29(40)43-28-25-11-10-24(16-21(25)12-13-38(28)30(41)42-17-18-4-2-1-3-5-18)37-27(39)23-9-7-19-14-22(26(35)36)8-6-20(19)15-23/h1-11,14-16,28H,12-13,17H2,(H3,35,36)(H,37,39). The number of nitrogens with zero attached hydrogens (tertiary/aromatic N) is 1. The molecule has 1 aliphatic heterocycles. The number of carbonyl (C=O) groups excluding carboxylic acids is 3. The number of nitrogens with one attached hydrogen (secondary N) is 2. The van der Waals surface area contributed by atoms with Crippen molar-refractivity contribution >= 4 is 40.3 Å². The van der Waals surface area contributed by atoms with Crippen LogP contribution in [0.5, 0.6) is 0 Å². The van der Waals surface area contributed by atoms with Gasteiger partial charge in [-0.25, -0.2) is 9.59 Å². The zero-order chi connectivity index (χ0) is 30.7. The summed E-state index contributed by atoms with van der Waals surface area (Å²) >= 11 is 0. The largest absolute Gasteiger partial charge is 0.491 e. The maximum absolute atomic E-state index is 13.1. The van der Waals surface area contributed by atoms with Crippen LogP contribution in [-0.2, 0) is 27.3 Å². The van der Waals surface area contributed by atoms with E-state index >= 15 is 0 Å². The van der Waals surface area contributed by atoms with Crippen LogP contribution in [0, 0.1) is 5.41 Å². The van der Waals surface area contributed by atoms with E-state index in [1.54, 1.807) is 72.8 Å². The zero-order valence-electron chi connectivity index (χ0n) is 22.5. The Morgan fingerprint density at radius 1 is 0.930 bits per heavy atom. The third-order valence-corrected chi connectivity index (χ3v) is 6.88. The lowest BCUT2D eigenvalue weighted by Crippen LogP contribution is -2.44. The van der Waals surface area contributed by atoms with Crippen LogP contribution in [0.2, 0.25) is 0 Å². The van der Waals surface area contributed by atoms with Gasteiger partial charge in [-0.15, -0.1) is 0 Å². The first-order chi connectivity index (χ1) is 20.5. The van der Waals surface area contributed by atoms with Crippen LogP contribution < -0.4 is 11.1 Å². The molecule has 1 aliphatic rings. The van der Waals surface area contributed by atoms with Gasteiger partial charge in [-0.3, -0.25) is 15.1 Å². The highest BCUT2D eigenvalue weighted by atomic mass is 19.4. The quantitative estimate of drug-likeness (QED) is 0.150. The average molecular weight is 591 g/mol. The molecule has 1 unspecified atom stereocenters. The van der Waals surface area contributed by atoms with Gasteiger partial charge in [0.05, 0.1) is 0 Å². The van der Waals surface area contributed by atoms with Crippen LogP contribution in [0.3, 0.4) is 0 Å². The zero-order valence-corrected chi connectivity index (χ0v) is 22.5. The van der Waals surface area contributed by atoms with Crippen molar-refractivity contribution in [2.24, 2.45) is 5.73 Å². The van der Waals surface area contributed by atoms with Crippen LogP contribution >= 0.6 is 0 Å². The fourth-order valence-corrected chi connectivity index (χ4v) is 4.71. The number of anilines is 1. The Labute approximate surface area is 243 Å². The van der Waals surface area contributed by atoms with Crippen LogP contribution in [0.25, 0.3) is 10.8 Å². The van der Waals surface area contributed by atoms with Gasteiger partial charge in [0, 0.05) is 28.9 Å². The van der Waals surface area contributed by atoms with Gasteiger partial charge in [-0.05, 0) is 58.7 Å². The summed E-state index contributed by atoms with van der Waals surface area (Å²) in [5.41, 5.74) is 8.13. The number of amides is 2. The van der Waals surface area contributed by atoms with Crippen LogP contribution in [-0.4, -0.2) is 41.4 Å². The van der Waals surface area contributed by atoms with Gasteiger partial charge >= 0.3 is 18.2 Å². The van der Waals surface area contributed by atoms with E-state index < -0.39 is 30.4 Å². The number of halogens is 3. The third kappa shape index (κ3) is 6.58.